The van der Waals surface area contributed by atoms with Crippen molar-refractivity contribution in [3.63, 3.8) is 0 Å². The maximum absolute atomic E-state index is 11.6. The van der Waals surface area contributed by atoms with E-state index < -0.39 is 16.8 Å². The van der Waals surface area contributed by atoms with Gasteiger partial charge in [-0.05, 0) is 6.42 Å². The molecule has 0 atom stereocenters. The molecule has 0 bridgehead atoms. The highest BCUT2D eigenvalue weighted by molar-refractivity contribution is 5.93. The Balaban J connectivity index is 2.56. The largest absolute Gasteiger partial charge is 0.481 e. The summed E-state index contributed by atoms with van der Waals surface area (Å²) in [5.41, 5.74) is 0.00482. The van der Waals surface area contributed by atoms with Crippen LogP contribution in [0.3, 0.4) is 0 Å². The van der Waals surface area contributed by atoms with Gasteiger partial charge in [-0.2, -0.15) is 0 Å². The maximum Gasteiger partial charge on any atom is 0.303 e. The third kappa shape index (κ3) is 3.58. The van der Waals surface area contributed by atoms with Crippen LogP contribution in [0.5, 0.6) is 0 Å². The molecule has 8 heteroatoms. The number of hydrogen-bond acceptors (Lipinski definition) is 4. The molecule has 1 heterocycles. The van der Waals surface area contributed by atoms with Crippen LogP contribution >= 0.6 is 0 Å². The number of carboxylic acids is 1. The summed E-state index contributed by atoms with van der Waals surface area (Å²) in [6.07, 6.45) is 1.52. The smallest absolute Gasteiger partial charge is 0.303 e. The van der Waals surface area contributed by atoms with Crippen molar-refractivity contribution in [2.75, 3.05) is 6.54 Å². The minimum Gasteiger partial charge on any atom is -0.481 e. The summed E-state index contributed by atoms with van der Waals surface area (Å²) >= 11 is 0. The summed E-state index contributed by atoms with van der Waals surface area (Å²) in [6, 6.07) is 1.17. The predicted molar refractivity (Wildman–Crippen MR) is 61.3 cm³/mol. The second kappa shape index (κ2) is 5.80. The van der Waals surface area contributed by atoms with Crippen molar-refractivity contribution < 1.29 is 19.6 Å². The summed E-state index contributed by atoms with van der Waals surface area (Å²) in [7, 11) is 1.53. The normalized spacial score (nSPS) is 10.1. The Hall–Kier alpha value is -2.38. The van der Waals surface area contributed by atoms with E-state index in [0.29, 0.717) is 6.42 Å². The van der Waals surface area contributed by atoms with Gasteiger partial charge in [-0.3, -0.25) is 19.7 Å². The fourth-order valence-corrected chi connectivity index (χ4v) is 1.40. The molecule has 0 aliphatic rings. The van der Waals surface area contributed by atoms with Gasteiger partial charge in [0.15, 0.2) is 0 Å². The van der Waals surface area contributed by atoms with Gasteiger partial charge < -0.3 is 15.0 Å². The lowest BCUT2D eigenvalue weighted by Gasteiger charge is -2.04. The molecule has 0 spiro atoms. The number of aliphatic carboxylic acids is 1. The zero-order valence-corrected chi connectivity index (χ0v) is 9.75. The van der Waals surface area contributed by atoms with Gasteiger partial charge in [-0.25, -0.2) is 0 Å². The van der Waals surface area contributed by atoms with Crippen molar-refractivity contribution in [3.8, 4) is 0 Å². The quantitative estimate of drug-likeness (QED) is 0.437. The van der Waals surface area contributed by atoms with Gasteiger partial charge in [0.1, 0.15) is 5.69 Å². The van der Waals surface area contributed by atoms with Gasteiger partial charge >= 0.3 is 5.97 Å². The number of carbonyl (C=O) groups excluding carboxylic acids is 1. The zero-order chi connectivity index (χ0) is 13.7. The molecule has 98 valence electrons. The van der Waals surface area contributed by atoms with Crippen LogP contribution in [0, 0.1) is 10.1 Å². The van der Waals surface area contributed by atoms with Gasteiger partial charge in [0.2, 0.25) is 0 Å². The van der Waals surface area contributed by atoms with Crippen LogP contribution in [0.4, 0.5) is 5.69 Å². The Labute approximate surface area is 102 Å². The van der Waals surface area contributed by atoms with Gasteiger partial charge in [-0.1, -0.05) is 0 Å². The molecule has 18 heavy (non-hydrogen) atoms. The zero-order valence-electron chi connectivity index (χ0n) is 9.75. The number of carboxylic acid groups (broad SMARTS) is 1. The molecule has 0 saturated heterocycles. The minimum absolute atomic E-state index is 0.0342. The van der Waals surface area contributed by atoms with Crippen LogP contribution < -0.4 is 5.32 Å². The van der Waals surface area contributed by atoms with Crippen molar-refractivity contribution >= 4 is 17.6 Å². The average Bonchev–Trinajstić information content (AvgIpc) is 2.66. The molecule has 1 rings (SSSR count). The Kier molecular flexibility index (Phi) is 4.41. The first-order valence-electron chi connectivity index (χ1n) is 5.22. The van der Waals surface area contributed by atoms with E-state index in [0.717, 1.165) is 0 Å². The minimum atomic E-state index is -0.932. The van der Waals surface area contributed by atoms with Crippen LogP contribution in [0.1, 0.15) is 23.3 Å². The third-order valence-electron chi connectivity index (χ3n) is 2.29. The molecular formula is C10H13N3O5. The van der Waals surface area contributed by atoms with Crippen molar-refractivity contribution in [1.82, 2.24) is 9.88 Å². The van der Waals surface area contributed by atoms with Crippen molar-refractivity contribution in [2.24, 2.45) is 7.05 Å². The second-order valence-electron chi connectivity index (χ2n) is 3.70. The fourth-order valence-electron chi connectivity index (χ4n) is 1.40. The Morgan fingerprint density at radius 1 is 1.56 bits per heavy atom. The molecule has 0 aliphatic carbocycles. The van der Waals surface area contributed by atoms with Gasteiger partial charge in [-0.15, -0.1) is 0 Å². The molecule has 0 aromatic carbocycles. The Morgan fingerprint density at radius 2 is 2.22 bits per heavy atom. The van der Waals surface area contributed by atoms with Crippen LogP contribution in [0.15, 0.2) is 12.3 Å². The number of rotatable bonds is 6. The topological polar surface area (TPSA) is 114 Å². The number of nitro groups is 1. The van der Waals surface area contributed by atoms with Crippen molar-refractivity contribution in [1.29, 1.82) is 0 Å². The van der Waals surface area contributed by atoms with Gasteiger partial charge in [0.25, 0.3) is 11.6 Å². The van der Waals surface area contributed by atoms with E-state index in [1.54, 1.807) is 0 Å². The summed E-state index contributed by atoms with van der Waals surface area (Å²) < 4.78 is 1.35. The SMILES string of the molecule is Cn1cc([N+](=O)[O-])cc1C(=O)NCCCC(=O)O. The molecular weight excluding hydrogens is 242 g/mol. The molecule has 1 aromatic rings. The highest BCUT2D eigenvalue weighted by Crippen LogP contribution is 2.14. The standard InChI is InChI=1S/C10H13N3O5/c1-12-6-7(13(17)18)5-8(12)10(16)11-4-2-3-9(14)15/h5-6H,2-4H2,1H3,(H,11,16)(H,14,15). The molecule has 0 fully saturated rings. The molecule has 8 nitrogen and oxygen atoms in total. The Morgan fingerprint density at radius 3 is 2.72 bits per heavy atom. The lowest BCUT2D eigenvalue weighted by molar-refractivity contribution is -0.384. The molecule has 2 N–H and O–H groups in total. The van der Waals surface area contributed by atoms with Crippen molar-refractivity contribution in [3.05, 3.63) is 28.1 Å². The van der Waals surface area contributed by atoms with E-state index in [2.05, 4.69) is 5.32 Å². The maximum atomic E-state index is 11.6. The predicted octanol–water partition coefficient (Wildman–Crippen LogP) is 0.528. The first kappa shape index (κ1) is 13.7. The first-order chi connectivity index (χ1) is 8.41. The third-order valence-corrected chi connectivity index (χ3v) is 2.29. The van der Waals surface area contributed by atoms with E-state index in [1.165, 1.54) is 23.9 Å². The highest BCUT2D eigenvalue weighted by Gasteiger charge is 2.16. The van der Waals surface area contributed by atoms with Crippen LogP contribution in [-0.4, -0.2) is 33.0 Å². The number of carbonyl (C=O) groups is 2. The fraction of sp³-hybridized carbons (Fsp3) is 0.400. The molecule has 0 unspecified atom stereocenters. The monoisotopic (exact) mass is 255 g/mol. The summed E-state index contributed by atoms with van der Waals surface area (Å²) in [5, 5.41) is 21.4. The average molecular weight is 255 g/mol. The number of nitrogens with zero attached hydrogens (tertiary/aromatic N) is 2. The van der Waals surface area contributed by atoms with E-state index in [-0.39, 0.29) is 24.3 Å². The highest BCUT2D eigenvalue weighted by atomic mass is 16.6. The van der Waals surface area contributed by atoms with Crippen LogP contribution in [-0.2, 0) is 11.8 Å². The van der Waals surface area contributed by atoms with E-state index in [9.17, 15) is 19.7 Å². The number of amides is 1. The lowest BCUT2D eigenvalue weighted by atomic mass is 10.3. The molecule has 0 radical (unpaired) electrons. The summed E-state index contributed by atoms with van der Waals surface area (Å²) in [4.78, 5) is 31.8. The number of hydrogen-bond donors (Lipinski definition) is 2. The number of aromatic nitrogens is 1. The number of aryl methyl sites for hydroxylation is 1. The molecule has 0 saturated carbocycles. The van der Waals surface area contributed by atoms with E-state index in [1.807, 2.05) is 0 Å². The van der Waals surface area contributed by atoms with Crippen molar-refractivity contribution in [2.45, 2.75) is 12.8 Å². The van der Waals surface area contributed by atoms with Gasteiger partial charge in [0.05, 0.1) is 11.1 Å². The van der Waals surface area contributed by atoms with E-state index >= 15 is 0 Å². The van der Waals surface area contributed by atoms with Crippen LogP contribution in [0.25, 0.3) is 0 Å². The van der Waals surface area contributed by atoms with Crippen LogP contribution in [0.2, 0.25) is 0 Å². The summed E-state index contributed by atoms with van der Waals surface area (Å²) in [6.45, 7) is 0.212. The summed E-state index contributed by atoms with van der Waals surface area (Å²) in [5.74, 6) is -1.39. The van der Waals surface area contributed by atoms with Gasteiger partial charge in [0, 0.05) is 26.1 Å². The molecule has 1 aromatic heterocycles. The first-order valence-corrected chi connectivity index (χ1v) is 5.22. The second-order valence-corrected chi connectivity index (χ2v) is 3.70. The molecule has 1 amide bonds. The Bertz CT molecular complexity index is 480. The lowest BCUT2D eigenvalue weighted by Crippen LogP contribution is -2.26. The number of nitrogens with one attached hydrogen (secondary N) is 1. The van der Waals surface area contributed by atoms with E-state index in [4.69, 9.17) is 5.11 Å². The molecule has 0 aliphatic heterocycles.